The maximum Gasteiger partial charge on any atom is 0.180 e. The van der Waals surface area contributed by atoms with Gasteiger partial charge in [0.25, 0.3) is 0 Å². The Morgan fingerprint density at radius 1 is 1.47 bits per heavy atom. The molecule has 0 amide bonds. The van der Waals surface area contributed by atoms with Crippen molar-refractivity contribution in [3.8, 4) is 16.2 Å². The summed E-state index contributed by atoms with van der Waals surface area (Å²) in [4.78, 5) is 4.58. The van der Waals surface area contributed by atoms with Crippen molar-refractivity contribution in [3.05, 3.63) is 30.2 Å². The SMILES string of the molecule is COc1cccc(-c2cnc(N)s2)c1F. The average Bonchev–Trinajstić information content (AvgIpc) is 2.65. The summed E-state index contributed by atoms with van der Waals surface area (Å²) >= 11 is 1.25. The van der Waals surface area contributed by atoms with Crippen LogP contribution in [-0.2, 0) is 0 Å². The van der Waals surface area contributed by atoms with Crippen LogP contribution >= 0.6 is 11.3 Å². The molecule has 0 saturated carbocycles. The highest BCUT2D eigenvalue weighted by Crippen LogP contribution is 2.32. The van der Waals surface area contributed by atoms with E-state index >= 15 is 0 Å². The average molecular weight is 224 g/mol. The van der Waals surface area contributed by atoms with Crippen LogP contribution in [0.15, 0.2) is 24.4 Å². The molecule has 1 aromatic carbocycles. The van der Waals surface area contributed by atoms with Crippen molar-refractivity contribution < 1.29 is 9.13 Å². The summed E-state index contributed by atoms with van der Waals surface area (Å²) in [7, 11) is 1.43. The number of halogens is 1. The number of hydrogen-bond donors (Lipinski definition) is 1. The third kappa shape index (κ3) is 1.78. The lowest BCUT2D eigenvalue weighted by Gasteiger charge is -2.04. The number of anilines is 1. The fourth-order valence-electron chi connectivity index (χ4n) is 1.27. The van der Waals surface area contributed by atoms with Gasteiger partial charge in [0.2, 0.25) is 0 Å². The van der Waals surface area contributed by atoms with Gasteiger partial charge in [-0.2, -0.15) is 0 Å². The lowest BCUT2D eigenvalue weighted by molar-refractivity contribution is 0.387. The van der Waals surface area contributed by atoms with Crippen LogP contribution in [0.3, 0.4) is 0 Å². The Morgan fingerprint density at radius 2 is 2.27 bits per heavy atom. The molecule has 0 bridgehead atoms. The van der Waals surface area contributed by atoms with E-state index in [0.29, 0.717) is 15.6 Å². The second kappa shape index (κ2) is 3.86. The first-order valence-corrected chi connectivity index (χ1v) is 5.08. The molecule has 0 aliphatic heterocycles. The van der Waals surface area contributed by atoms with E-state index in [1.54, 1.807) is 24.4 Å². The van der Waals surface area contributed by atoms with Gasteiger partial charge in [-0.1, -0.05) is 23.5 Å². The molecule has 2 N–H and O–H groups in total. The molecular weight excluding hydrogens is 215 g/mol. The quantitative estimate of drug-likeness (QED) is 0.852. The van der Waals surface area contributed by atoms with Crippen molar-refractivity contribution in [2.24, 2.45) is 0 Å². The summed E-state index contributed by atoms with van der Waals surface area (Å²) in [6, 6.07) is 4.97. The maximum atomic E-state index is 13.8. The molecule has 1 aromatic heterocycles. The Morgan fingerprint density at radius 3 is 2.87 bits per heavy atom. The van der Waals surface area contributed by atoms with Gasteiger partial charge in [0, 0.05) is 11.8 Å². The van der Waals surface area contributed by atoms with Gasteiger partial charge in [-0.3, -0.25) is 0 Å². The number of nitrogen functional groups attached to an aromatic ring is 1. The number of methoxy groups -OCH3 is 1. The molecule has 3 nitrogen and oxygen atoms in total. The van der Waals surface area contributed by atoms with Crippen LogP contribution in [0.1, 0.15) is 0 Å². The summed E-state index contributed by atoms with van der Waals surface area (Å²) in [5.74, 6) is -0.164. The van der Waals surface area contributed by atoms with E-state index in [4.69, 9.17) is 10.5 Å². The first-order chi connectivity index (χ1) is 7.22. The molecular formula is C10H9FN2OS. The number of ether oxygens (including phenoxy) is 1. The Kier molecular flexibility index (Phi) is 2.55. The Balaban J connectivity index is 2.53. The van der Waals surface area contributed by atoms with Crippen LogP contribution in [0.5, 0.6) is 5.75 Å². The van der Waals surface area contributed by atoms with Crippen LogP contribution < -0.4 is 10.5 Å². The van der Waals surface area contributed by atoms with Crippen LogP contribution in [0.2, 0.25) is 0 Å². The second-order valence-electron chi connectivity index (χ2n) is 2.88. The third-order valence-electron chi connectivity index (χ3n) is 1.97. The van der Waals surface area contributed by atoms with Gasteiger partial charge in [0.15, 0.2) is 16.7 Å². The van der Waals surface area contributed by atoms with Gasteiger partial charge in [-0.05, 0) is 6.07 Å². The largest absolute Gasteiger partial charge is 0.494 e. The minimum Gasteiger partial charge on any atom is -0.494 e. The highest BCUT2D eigenvalue weighted by Gasteiger charge is 2.12. The zero-order valence-electron chi connectivity index (χ0n) is 8.03. The molecule has 1 heterocycles. The molecule has 0 fully saturated rings. The second-order valence-corrected chi connectivity index (χ2v) is 3.95. The summed E-state index contributed by atoms with van der Waals surface area (Å²) in [5, 5.41) is 0.423. The van der Waals surface area contributed by atoms with Crippen LogP contribution in [0.4, 0.5) is 9.52 Å². The maximum absolute atomic E-state index is 13.8. The topological polar surface area (TPSA) is 48.1 Å². The van der Waals surface area contributed by atoms with Gasteiger partial charge < -0.3 is 10.5 Å². The van der Waals surface area contributed by atoms with Gasteiger partial charge >= 0.3 is 0 Å². The summed E-state index contributed by atoms with van der Waals surface area (Å²) in [5.41, 5.74) is 5.95. The van der Waals surface area contributed by atoms with E-state index in [-0.39, 0.29) is 11.6 Å². The summed E-state index contributed by atoms with van der Waals surface area (Å²) < 4.78 is 18.7. The first-order valence-electron chi connectivity index (χ1n) is 4.26. The van der Waals surface area contributed by atoms with E-state index < -0.39 is 0 Å². The zero-order valence-corrected chi connectivity index (χ0v) is 8.84. The van der Waals surface area contributed by atoms with Crippen molar-refractivity contribution in [3.63, 3.8) is 0 Å². The van der Waals surface area contributed by atoms with Crippen molar-refractivity contribution in [2.75, 3.05) is 12.8 Å². The standard InChI is InChI=1S/C10H9FN2OS/c1-14-7-4-2-3-6(9(7)11)8-5-13-10(12)15-8/h2-5H,1H3,(H2,12,13). The van der Waals surface area contributed by atoms with Gasteiger partial charge in [-0.25, -0.2) is 9.37 Å². The first kappa shape index (κ1) is 9.92. The third-order valence-corrected chi connectivity index (χ3v) is 2.83. The monoisotopic (exact) mass is 224 g/mol. The van der Waals surface area contributed by atoms with E-state index in [0.717, 1.165) is 0 Å². The predicted molar refractivity (Wildman–Crippen MR) is 58.5 cm³/mol. The highest BCUT2D eigenvalue weighted by atomic mass is 32.1. The van der Waals surface area contributed by atoms with Gasteiger partial charge in [-0.15, -0.1) is 0 Å². The molecule has 78 valence electrons. The van der Waals surface area contributed by atoms with Crippen molar-refractivity contribution in [2.45, 2.75) is 0 Å². The number of nitrogens with two attached hydrogens (primary N) is 1. The van der Waals surface area contributed by atoms with Crippen LogP contribution in [-0.4, -0.2) is 12.1 Å². The molecule has 0 saturated heterocycles. The van der Waals surface area contributed by atoms with Gasteiger partial charge in [0.05, 0.1) is 12.0 Å². The van der Waals surface area contributed by atoms with E-state index in [9.17, 15) is 4.39 Å². The fraction of sp³-hybridized carbons (Fsp3) is 0.100. The Labute approximate surface area is 90.3 Å². The zero-order chi connectivity index (χ0) is 10.8. The summed E-state index contributed by atoms with van der Waals surface area (Å²) in [6.45, 7) is 0. The number of rotatable bonds is 2. The van der Waals surface area contributed by atoms with Crippen molar-refractivity contribution in [1.29, 1.82) is 0 Å². The van der Waals surface area contributed by atoms with E-state index in [1.165, 1.54) is 18.4 Å². The molecule has 0 atom stereocenters. The molecule has 15 heavy (non-hydrogen) atoms. The van der Waals surface area contributed by atoms with Crippen molar-refractivity contribution in [1.82, 2.24) is 4.98 Å². The molecule has 2 aromatic rings. The number of benzene rings is 1. The molecule has 0 aliphatic rings. The minimum absolute atomic E-state index is 0.222. The molecule has 2 rings (SSSR count). The van der Waals surface area contributed by atoms with Crippen LogP contribution in [0, 0.1) is 5.82 Å². The van der Waals surface area contributed by atoms with E-state index in [2.05, 4.69) is 4.98 Å². The normalized spacial score (nSPS) is 10.3. The highest BCUT2D eigenvalue weighted by molar-refractivity contribution is 7.18. The Hall–Kier alpha value is -1.62. The number of nitrogens with zero attached hydrogens (tertiary/aromatic N) is 1. The van der Waals surface area contributed by atoms with E-state index in [1.807, 2.05) is 0 Å². The predicted octanol–water partition coefficient (Wildman–Crippen LogP) is 2.54. The number of hydrogen-bond acceptors (Lipinski definition) is 4. The number of aromatic nitrogens is 1. The minimum atomic E-state index is -0.386. The lowest BCUT2D eigenvalue weighted by atomic mass is 10.2. The van der Waals surface area contributed by atoms with Gasteiger partial charge in [0.1, 0.15) is 0 Å². The van der Waals surface area contributed by atoms with Crippen LogP contribution in [0.25, 0.3) is 10.4 Å². The Bertz CT molecular complexity index is 484. The molecule has 0 aliphatic carbocycles. The molecule has 0 unspecified atom stereocenters. The fourth-order valence-corrected chi connectivity index (χ4v) is 1.97. The van der Waals surface area contributed by atoms with Crippen molar-refractivity contribution >= 4 is 16.5 Å². The lowest BCUT2D eigenvalue weighted by Crippen LogP contribution is -1.89. The molecule has 5 heteroatoms. The summed E-state index contributed by atoms with van der Waals surface area (Å²) in [6.07, 6.45) is 1.55. The smallest absolute Gasteiger partial charge is 0.180 e. The molecule has 0 spiro atoms. The molecule has 0 radical (unpaired) electrons. The number of thiazole rings is 1.